The predicted molar refractivity (Wildman–Crippen MR) is 90.9 cm³/mol. The van der Waals surface area contributed by atoms with Gasteiger partial charge in [-0.3, -0.25) is 0 Å². The summed E-state index contributed by atoms with van der Waals surface area (Å²) in [6.07, 6.45) is 0. The highest BCUT2D eigenvalue weighted by atomic mass is 16.3. The molecule has 2 aromatic carbocycles. The van der Waals surface area contributed by atoms with Crippen molar-refractivity contribution in [3.05, 3.63) is 65.2 Å². The lowest BCUT2D eigenvalue weighted by atomic mass is 10.1. The van der Waals surface area contributed by atoms with Crippen LogP contribution >= 0.6 is 0 Å². The van der Waals surface area contributed by atoms with Crippen molar-refractivity contribution in [3.63, 3.8) is 0 Å². The molecule has 0 radical (unpaired) electrons. The zero-order valence-corrected chi connectivity index (χ0v) is 13.1. The molecule has 0 fully saturated rings. The molecule has 0 atom stereocenters. The molecule has 2 rings (SSSR count). The highest BCUT2D eigenvalue weighted by Crippen LogP contribution is 2.09. The van der Waals surface area contributed by atoms with Crippen molar-refractivity contribution in [1.29, 1.82) is 0 Å². The second-order valence-corrected chi connectivity index (χ2v) is 5.20. The minimum absolute atomic E-state index is 0.281. The number of aryl methyl sites for hydroxylation is 1. The zero-order chi connectivity index (χ0) is 15.8. The van der Waals surface area contributed by atoms with Gasteiger partial charge in [0, 0.05) is 13.1 Å². The van der Waals surface area contributed by atoms with Crippen LogP contribution in [0.25, 0.3) is 0 Å². The van der Waals surface area contributed by atoms with E-state index >= 15 is 0 Å². The number of aromatic hydroxyl groups is 1. The highest BCUT2D eigenvalue weighted by Gasteiger charge is 1.99. The number of guanidine groups is 1. The van der Waals surface area contributed by atoms with Gasteiger partial charge in [-0.2, -0.15) is 0 Å². The summed E-state index contributed by atoms with van der Waals surface area (Å²) < 4.78 is 0. The molecule has 4 heteroatoms. The van der Waals surface area contributed by atoms with Crippen molar-refractivity contribution in [1.82, 2.24) is 10.6 Å². The molecule has 0 aliphatic carbocycles. The fourth-order valence-corrected chi connectivity index (χ4v) is 2.12. The molecule has 0 aromatic heterocycles. The van der Waals surface area contributed by atoms with Crippen LogP contribution in [0.15, 0.2) is 53.5 Å². The summed E-state index contributed by atoms with van der Waals surface area (Å²) in [6.45, 7) is 6.26. The van der Waals surface area contributed by atoms with Gasteiger partial charge >= 0.3 is 0 Å². The molecule has 0 saturated heterocycles. The van der Waals surface area contributed by atoms with Crippen molar-refractivity contribution in [2.45, 2.75) is 26.9 Å². The maximum absolute atomic E-state index is 9.29. The fourth-order valence-electron chi connectivity index (χ4n) is 2.12. The van der Waals surface area contributed by atoms with E-state index in [9.17, 15) is 5.11 Å². The van der Waals surface area contributed by atoms with Gasteiger partial charge in [0.1, 0.15) is 5.75 Å². The van der Waals surface area contributed by atoms with Crippen LogP contribution in [-0.4, -0.2) is 17.6 Å². The maximum atomic E-state index is 9.29. The van der Waals surface area contributed by atoms with Gasteiger partial charge in [0.2, 0.25) is 0 Å². The van der Waals surface area contributed by atoms with Crippen molar-refractivity contribution >= 4 is 5.96 Å². The average molecular weight is 297 g/mol. The molecule has 0 unspecified atom stereocenters. The maximum Gasteiger partial charge on any atom is 0.191 e. The third-order valence-corrected chi connectivity index (χ3v) is 3.24. The number of rotatable bonds is 5. The summed E-state index contributed by atoms with van der Waals surface area (Å²) in [5, 5.41) is 15.8. The van der Waals surface area contributed by atoms with E-state index in [0.717, 1.165) is 18.1 Å². The van der Waals surface area contributed by atoms with Crippen LogP contribution in [0.5, 0.6) is 5.75 Å². The van der Waals surface area contributed by atoms with E-state index in [4.69, 9.17) is 0 Å². The smallest absolute Gasteiger partial charge is 0.191 e. The first-order valence-electron chi connectivity index (χ1n) is 7.53. The van der Waals surface area contributed by atoms with Crippen molar-refractivity contribution in [2.24, 2.45) is 4.99 Å². The topological polar surface area (TPSA) is 56.7 Å². The Bertz CT molecular complexity index is 620. The number of nitrogens with one attached hydrogen (secondary N) is 2. The van der Waals surface area contributed by atoms with Gasteiger partial charge in [-0.1, -0.05) is 42.0 Å². The van der Waals surface area contributed by atoms with Crippen molar-refractivity contribution in [2.75, 3.05) is 6.54 Å². The number of nitrogens with zero attached hydrogens (tertiary/aromatic N) is 1. The van der Waals surface area contributed by atoms with Crippen LogP contribution in [0.4, 0.5) is 0 Å². The van der Waals surface area contributed by atoms with E-state index in [1.54, 1.807) is 12.1 Å². The predicted octanol–water partition coefficient (Wildman–Crippen LogP) is 2.96. The molecular formula is C18H23N3O. The Morgan fingerprint density at radius 2 is 1.82 bits per heavy atom. The number of aliphatic imine (C=N–C) groups is 1. The Hall–Kier alpha value is -2.49. The lowest BCUT2D eigenvalue weighted by Gasteiger charge is -2.11. The van der Waals surface area contributed by atoms with Crippen molar-refractivity contribution < 1.29 is 5.11 Å². The fraction of sp³-hybridized carbons (Fsp3) is 0.278. The molecule has 3 N–H and O–H groups in total. The molecule has 0 aliphatic heterocycles. The van der Waals surface area contributed by atoms with Gasteiger partial charge < -0.3 is 15.7 Å². The summed E-state index contributed by atoms with van der Waals surface area (Å²) in [5.74, 6) is 1.07. The van der Waals surface area contributed by atoms with Gasteiger partial charge in [0.05, 0.1) is 6.54 Å². The van der Waals surface area contributed by atoms with Crippen LogP contribution in [0.1, 0.15) is 23.6 Å². The molecule has 0 heterocycles. The Morgan fingerprint density at radius 1 is 1.05 bits per heavy atom. The monoisotopic (exact) mass is 297 g/mol. The number of phenols is 1. The summed E-state index contributed by atoms with van der Waals surface area (Å²) in [5.41, 5.74) is 3.54. The molecule has 4 nitrogen and oxygen atoms in total. The van der Waals surface area contributed by atoms with Gasteiger partial charge in [-0.25, -0.2) is 4.99 Å². The highest BCUT2D eigenvalue weighted by molar-refractivity contribution is 5.79. The zero-order valence-electron chi connectivity index (χ0n) is 13.1. The summed E-state index contributed by atoms with van der Waals surface area (Å²) in [4.78, 5) is 4.60. The van der Waals surface area contributed by atoms with E-state index in [-0.39, 0.29) is 5.75 Å². The minimum Gasteiger partial charge on any atom is -0.508 e. The molecule has 2 aromatic rings. The molecule has 22 heavy (non-hydrogen) atoms. The quantitative estimate of drug-likeness (QED) is 0.587. The average Bonchev–Trinajstić information content (AvgIpc) is 2.52. The van der Waals surface area contributed by atoms with Crippen LogP contribution in [-0.2, 0) is 13.1 Å². The lowest BCUT2D eigenvalue weighted by Crippen LogP contribution is -2.36. The first kappa shape index (κ1) is 15.9. The Balaban J connectivity index is 1.96. The van der Waals surface area contributed by atoms with E-state index in [1.165, 1.54) is 11.1 Å². The summed E-state index contributed by atoms with van der Waals surface area (Å²) in [6, 6.07) is 15.5. The first-order chi connectivity index (χ1) is 10.7. The van der Waals surface area contributed by atoms with E-state index in [2.05, 4.69) is 46.8 Å². The third kappa shape index (κ3) is 5.13. The van der Waals surface area contributed by atoms with Crippen molar-refractivity contribution in [3.8, 4) is 5.75 Å². The van der Waals surface area contributed by atoms with Gasteiger partial charge in [0.25, 0.3) is 0 Å². The number of hydrogen-bond donors (Lipinski definition) is 3. The summed E-state index contributed by atoms with van der Waals surface area (Å²) in [7, 11) is 0. The normalized spacial score (nSPS) is 11.3. The lowest BCUT2D eigenvalue weighted by molar-refractivity contribution is 0.475. The second-order valence-electron chi connectivity index (χ2n) is 5.20. The van der Waals surface area contributed by atoms with Gasteiger partial charge in [-0.05, 0) is 37.1 Å². The van der Waals surface area contributed by atoms with Gasteiger partial charge in [-0.15, -0.1) is 0 Å². The first-order valence-corrected chi connectivity index (χ1v) is 7.53. The molecule has 0 amide bonds. The number of hydrogen-bond acceptors (Lipinski definition) is 2. The molecular weight excluding hydrogens is 274 g/mol. The SMILES string of the molecule is CCNC(=NCc1cccc(C)c1)NCc1ccc(O)cc1. The summed E-state index contributed by atoms with van der Waals surface area (Å²) >= 11 is 0. The molecule has 0 spiro atoms. The Morgan fingerprint density at radius 3 is 2.50 bits per heavy atom. The van der Waals surface area contributed by atoms with Crippen LogP contribution in [0, 0.1) is 6.92 Å². The Kier molecular flexibility index (Phi) is 5.83. The largest absolute Gasteiger partial charge is 0.508 e. The van der Waals surface area contributed by atoms with Crippen LogP contribution in [0.3, 0.4) is 0 Å². The van der Waals surface area contributed by atoms with Crippen LogP contribution < -0.4 is 10.6 Å². The van der Waals surface area contributed by atoms with E-state index < -0.39 is 0 Å². The van der Waals surface area contributed by atoms with E-state index in [0.29, 0.717) is 13.1 Å². The van der Waals surface area contributed by atoms with Crippen LogP contribution in [0.2, 0.25) is 0 Å². The third-order valence-electron chi connectivity index (χ3n) is 3.24. The molecule has 0 saturated carbocycles. The number of benzene rings is 2. The molecule has 0 aliphatic rings. The molecule has 0 bridgehead atoms. The van der Waals surface area contributed by atoms with Gasteiger partial charge in [0.15, 0.2) is 5.96 Å². The minimum atomic E-state index is 0.281. The second kappa shape index (κ2) is 8.08. The Labute approximate surface area is 131 Å². The number of phenolic OH excluding ortho intramolecular Hbond substituents is 1. The van der Waals surface area contributed by atoms with E-state index in [1.807, 2.05) is 19.1 Å². The molecule has 116 valence electrons. The standard InChI is InChI=1S/C18H23N3O/c1-3-19-18(20-12-15-7-9-17(22)10-8-15)21-13-16-6-4-5-14(2)11-16/h4-11,22H,3,12-13H2,1-2H3,(H2,19,20,21).